The molecule has 0 spiro atoms. The summed E-state index contributed by atoms with van der Waals surface area (Å²) >= 11 is 0. The van der Waals surface area contributed by atoms with Crippen molar-refractivity contribution in [2.24, 2.45) is 5.41 Å². The van der Waals surface area contributed by atoms with Crippen molar-refractivity contribution in [2.45, 2.75) is 45.6 Å². The van der Waals surface area contributed by atoms with Gasteiger partial charge in [-0.25, -0.2) is 0 Å². The second-order valence-electron chi connectivity index (χ2n) is 8.08. The number of aliphatic hydroxyl groups excluding tert-OH is 1. The van der Waals surface area contributed by atoms with Crippen molar-refractivity contribution in [3.8, 4) is 23.0 Å². The first-order valence-corrected chi connectivity index (χ1v) is 10.4. The summed E-state index contributed by atoms with van der Waals surface area (Å²) in [5.41, 5.74) is 1.17. The zero-order valence-electron chi connectivity index (χ0n) is 19.4. The van der Waals surface area contributed by atoms with Crippen LogP contribution in [0.4, 0.5) is 0 Å². The fourth-order valence-electron chi connectivity index (χ4n) is 3.50. The highest BCUT2D eigenvalue weighted by molar-refractivity contribution is 5.84. The number of carbonyl (C=O) groups is 1. The molecule has 31 heavy (non-hydrogen) atoms. The second kappa shape index (κ2) is 11.0. The van der Waals surface area contributed by atoms with Crippen LogP contribution in [0.25, 0.3) is 0 Å². The van der Waals surface area contributed by atoms with Crippen LogP contribution in [0.5, 0.6) is 23.0 Å². The largest absolute Gasteiger partial charge is 0.493 e. The van der Waals surface area contributed by atoms with Crippen molar-refractivity contribution in [3.05, 3.63) is 47.5 Å². The summed E-state index contributed by atoms with van der Waals surface area (Å²) in [5.74, 6) is 2.64. The number of aliphatic hydroxyl groups is 1. The number of ether oxygens (including phenoxy) is 4. The van der Waals surface area contributed by atoms with Gasteiger partial charge in [0.1, 0.15) is 5.78 Å². The minimum Gasteiger partial charge on any atom is -0.493 e. The Morgan fingerprint density at radius 3 is 1.71 bits per heavy atom. The topological polar surface area (TPSA) is 74.2 Å². The number of methoxy groups -OCH3 is 4. The van der Waals surface area contributed by atoms with Crippen molar-refractivity contribution in [3.63, 3.8) is 0 Å². The molecule has 1 N–H and O–H groups in total. The lowest BCUT2D eigenvalue weighted by molar-refractivity contribution is -0.133. The van der Waals surface area contributed by atoms with Crippen LogP contribution in [-0.4, -0.2) is 45.4 Å². The van der Waals surface area contributed by atoms with E-state index in [1.54, 1.807) is 28.4 Å². The third-order valence-corrected chi connectivity index (χ3v) is 5.79. The number of aryl methyl sites for hydroxylation is 2. The molecule has 0 aliphatic carbocycles. The molecule has 6 heteroatoms. The summed E-state index contributed by atoms with van der Waals surface area (Å²) in [6.45, 7) is 3.62. The highest BCUT2D eigenvalue weighted by Gasteiger charge is 2.34. The van der Waals surface area contributed by atoms with Gasteiger partial charge in [-0.1, -0.05) is 26.0 Å². The number of hydrogen-bond donors (Lipinski definition) is 1. The van der Waals surface area contributed by atoms with Gasteiger partial charge in [0.2, 0.25) is 0 Å². The molecule has 6 nitrogen and oxygen atoms in total. The summed E-state index contributed by atoms with van der Waals surface area (Å²) in [6, 6.07) is 11.3. The Labute approximate surface area is 185 Å². The van der Waals surface area contributed by atoms with Crippen molar-refractivity contribution in [1.82, 2.24) is 0 Å². The minimum atomic E-state index is -0.840. The van der Waals surface area contributed by atoms with Gasteiger partial charge in [0.05, 0.1) is 34.5 Å². The molecular formula is C25H34O6. The van der Waals surface area contributed by atoms with E-state index in [1.165, 1.54) is 0 Å². The predicted octanol–water partition coefficient (Wildman–Crippen LogP) is 4.24. The zero-order valence-corrected chi connectivity index (χ0v) is 19.4. The summed E-state index contributed by atoms with van der Waals surface area (Å²) in [4.78, 5) is 12.9. The van der Waals surface area contributed by atoms with Gasteiger partial charge in [0.15, 0.2) is 23.0 Å². The monoisotopic (exact) mass is 430 g/mol. The molecular weight excluding hydrogens is 396 g/mol. The third-order valence-electron chi connectivity index (χ3n) is 5.79. The van der Waals surface area contributed by atoms with E-state index in [4.69, 9.17) is 18.9 Å². The van der Waals surface area contributed by atoms with Gasteiger partial charge < -0.3 is 24.1 Å². The van der Waals surface area contributed by atoms with Gasteiger partial charge >= 0.3 is 0 Å². The van der Waals surface area contributed by atoms with Crippen LogP contribution in [0.1, 0.15) is 37.8 Å². The molecule has 0 saturated heterocycles. The van der Waals surface area contributed by atoms with E-state index in [2.05, 4.69) is 0 Å². The number of ketones is 1. The van der Waals surface area contributed by atoms with Gasteiger partial charge in [-0.2, -0.15) is 0 Å². The van der Waals surface area contributed by atoms with Gasteiger partial charge in [0, 0.05) is 11.8 Å². The van der Waals surface area contributed by atoms with Crippen LogP contribution >= 0.6 is 0 Å². The highest BCUT2D eigenvalue weighted by atomic mass is 16.5. The van der Waals surface area contributed by atoms with Crippen LogP contribution in [-0.2, 0) is 17.6 Å². The van der Waals surface area contributed by atoms with Crippen LogP contribution in [0, 0.1) is 5.41 Å². The molecule has 0 amide bonds. The summed E-state index contributed by atoms with van der Waals surface area (Å²) in [6.07, 6.45) is 1.28. The van der Waals surface area contributed by atoms with Crippen LogP contribution < -0.4 is 18.9 Å². The van der Waals surface area contributed by atoms with Crippen LogP contribution in [0.2, 0.25) is 0 Å². The Balaban J connectivity index is 1.96. The molecule has 0 saturated carbocycles. The standard InChI is InChI=1S/C25H34O6/c1-25(2,23(26)13-9-17-7-11-19(28-3)21(15-17)30-5)24(27)14-10-18-8-12-20(29-4)22(16-18)31-6/h7-8,11-12,15-16,23,26H,9-10,13-14H2,1-6H3. The van der Waals surface area contributed by atoms with Gasteiger partial charge in [-0.05, 0) is 54.7 Å². The van der Waals surface area contributed by atoms with E-state index in [0.29, 0.717) is 48.7 Å². The van der Waals surface area contributed by atoms with E-state index in [9.17, 15) is 9.90 Å². The van der Waals surface area contributed by atoms with E-state index in [0.717, 1.165) is 11.1 Å². The summed E-state index contributed by atoms with van der Waals surface area (Å²) < 4.78 is 21.2. The molecule has 0 fully saturated rings. The molecule has 0 radical (unpaired) electrons. The van der Waals surface area contributed by atoms with Crippen molar-refractivity contribution >= 4 is 5.78 Å². The molecule has 1 unspecified atom stereocenters. The average Bonchev–Trinajstić information content (AvgIpc) is 2.80. The molecule has 2 rings (SSSR count). The Hall–Kier alpha value is -2.73. The molecule has 170 valence electrons. The number of rotatable bonds is 12. The number of benzene rings is 2. The fourth-order valence-corrected chi connectivity index (χ4v) is 3.50. The Morgan fingerprint density at radius 2 is 1.26 bits per heavy atom. The second-order valence-corrected chi connectivity index (χ2v) is 8.08. The maximum Gasteiger partial charge on any atom is 0.160 e. The Bertz CT molecular complexity index is 874. The van der Waals surface area contributed by atoms with E-state index in [1.807, 2.05) is 50.2 Å². The first kappa shape index (κ1) is 24.5. The summed E-state index contributed by atoms with van der Waals surface area (Å²) in [7, 11) is 6.37. The zero-order chi connectivity index (χ0) is 23.0. The van der Waals surface area contributed by atoms with Gasteiger partial charge in [0.25, 0.3) is 0 Å². The lowest BCUT2D eigenvalue weighted by Crippen LogP contribution is -2.37. The average molecular weight is 431 g/mol. The van der Waals surface area contributed by atoms with E-state index >= 15 is 0 Å². The lowest BCUT2D eigenvalue weighted by Gasteiger charge is -2.29. The predicted molar refractivity (Wildman–Crippen MR) is 121 cm³/mol. The van der Waals surface area contributed by atoms with Crippen LogP contribution in [0.3, 0.4) is 0 Å². The van der Waals surface area contributed by atoms with Crippen molar-refractivity contribution in [2.75, 3.05) is 28.4 Å². The molecule has 2 aromatic carbocycles. The first-order valence-electron chi connectivity index (χ1n) is 10.4. The van der Waals surface area contributed by atoms with Gasteiger partial charge in [-0.15, -0.1) is 0 Å². The normalized spacial score (nSPS) is 12.2. The number of hydrogen-bond acceptors (Lipinski definition) is 6. The molecule has 0 bridgehead atoms. The Morgan fingerprint density at radius 1 is 0.806 bits per heavy atom. The van der Waals surface area contributed by atoms with E-state index in [-0.39, 0.29) is 5.78 Å². The quantitative estimate of drug-likeness (QED) is 0.543. The number of carbonyl (C=O) groups excluding carboxylic acids is 1. The SMILES string of the molecule is COc1ccc(CCC(=O)C(C)(C)C(O)CCc2ccc(OC)c(OC)c2)cc1OC. The van der Waals surface area contributed by atoms with Crippen molar-refractivity contribution < 1.29 is 28.8 Å². The first-order chi connectivity index (χ1) is 14.8. The van der Waals surface area contributed by atoms with E-state index < -0.39 is 11.5 Å². The van der Waals surface area contributed by atoms with Gasteiger partial charge in [-0.3, -0.25) is 4.79 Å². The minimum absolute atomic E-state index is 0.0297. The number of Topliss-reactive ketones (excluding diaryl/α,β-unsaturated/α-hetero) is 1. The lowest BCUT2D eigenvalue weighted by atomic mass is 9.78. The van der Waals surface area contributed by atoms with Crippen LogP contribution in [0.15, 0.2) is 36.4 Å². The molecule has 1 atom stereocenters. The summed E-state index contributed by atoms with van der Waals surface area (Å²) in [5, 5.41) is 10.8. The fraction of sp³-hybridized carbons (Fsp3) is 0.480. The smallest absolute Gasteiger partial charge is 0.160 e. The Kier molecular flexibility index (Phi) is 8.75. The molecule has 2 aromatic rings. The maximum atomic E-state index is 12.9. The third kappa shape index (κ3) is 6.14. The molecule has 0 aliphatic heterocycles. The van der Waals surface area contributed by atoms with Crippen molar-refractivity contribution in [1.29, 1.82) is 0 Å². The maximum absolute atomic E-state index is 12.9. The molecule has 0 aromatic heterocycles. The molecule has 0 aliphatic rings. The highest BCUT2D eigenvalue weighted by Crippen LogP contribution is 2.32. The molecule has 0 heterocycles.